The van der Waals surface area contributed by atoms with Gasteiger partial charge in [-0.2, -0.15) is 0 Å². The zero-order chi connectivity index (χ0) is 21.3. The van der Waals surface area contributed by atoms with Crippen molar-refractivity contribution in [3.63, 3.8) is 0 Å². The number of aliphatic hydroxyl groups excluding tert-OH is 2. The molecule has 0 aliphatic heterocycles. The van der Waals surface area contributed by atoms with E-state index < -0.39 is 12.2 Å². The number of carbonyl (C=O) groups excluding carboxylic acids is 1. The summed E-state index contributed by atoms with van der Waals surface area (Å²) >= 11 is 0. The largest absolute Gasteiger partial charge is 0.493 e. The third-order valence-electron chi connectivity index (χ3n) is 3.94. The summed E-state index contributed by atoms with van der Waals surface area (Å²) in [6.07, 6.45) is 15.7. The van der Waals surface area contributed by atoms with Crippen molar-refractivity contribution in [3.8, 4) is 5.75 Å². The molecule has 0 saturated carbocycles. The summed E-state index contributed by atoms with van der Waals surface area (Å²) in [5.74, 6) is 0.355. The van der Waals surface area contributed by atoms with Gasteiger partial charge in [0.25, 0.3) is 0 Å². The SMILES string of the molecule is CC/C=C\C[C@H](O)/C=C/C=C\C=C\[C@@H](O)CCOc1cccc(CC(=O)OC)c1. The first-order valence-electron chi connectivity index (χ1n) is 9.86. The topological polar surface area (TPSA) is 76.0 Å². The Morgan fingerprint density at radius 1 is 1.07 bits per heavy atom. The van der Waals surface area contributed by atoms with Crippen LogP contribution in [0.2, 0.25) is 0 Å². The molecule has 0 heterocycles. The Bertz CT molecular complexity index is 703. The first-order chi connectivity index (χ1) is 14.0. The van der Waals surface area contributed by atoms with E-state index >= 15 is 0 Å². The van der Waals surface area contributed by atoms with Gasteiger partial charge in [-0.3, -0.25) is 4.79 Å². The van der Waals surface area contributed by atoms with Crippen molar-refractivity contribution < 1.29 is 24.5 Å². The number of hydrogen-bond acceptors (Lipinski definition) is 5. The molecule has 0 amide bonds. The summed E-state index contributed by atoms with van der Waals surface area (Å²) in [6, 6.07) is 7.26. The second-order valence-corrected chi connectivity index (χ2v) is 6.44. The predicted molar refractivity (Wildman–Crippen MR) is 116 cm³/mol. The Hall–Kier alpha value is -2.63. The van der Waals surface area contributed by atoms with Gasteiger partial charge in [0.05, 0.1) is 32.3 Å². The number of allylic oxidation sites excluding steroid dienone is 5. The van der Waals surface area contributed by atoms with Crippen LogP contribution < -0.4 is 4.74 Å². The molecule has 0 fully saturated rings. The number of methoxy groups -OCH3 is 1. The molecular formula is C24H32O5. The van der Waals surface area contributed by atoms with E-state index in [0.29, 0.717) is 25.2 Å². The number of rotatable bonds is 13. The second kappa shape index (κ2) is 15.3. The maximum absolute atomic E-state index is 11.3. The molecule has 0 bridgehead atoms. The van der Waals surface area contributed by atoms with Gasteiger partial charge in [-0.1, -0.05) is 67.7 Å². The van der Waals surface area contributed by atoms with E-state index in [4.69, 9.17) is 4.74 Å². The van der Waals surface area contributed by atoms with Gasteiger partial charge >= 0.3 is 5.97 Å². The van der Waals surface area contributed by atoms with Crippen LogP contribution in [0.5, 0.6) is 5.75 Å². The van der Waals surface area contributed by atoms with Gasteiger partial charge in [0, 0.05) is 6.42 Å². The van der Waals surface area contributed by atoms with Gasteiger partial charge in [0.2, 0.25) is 0 Å². The molecule has 0 radical (unpaired) electrons. The third kappa shape index (κ3) is 12.4. The van der Waals surface area contributed by atoms with Gasteiger partial charge in [-0.05, 0) is 30.5 Å². The van der Waals surface area contributed by atoms with E-state index in [2.05, 4.69) is 11.7 Å². The van der Waals surface area contributed by atoms with Crippen molar-refractivity contribution in [2.24, 2.45) is 0 Å². The maximum Gasteiger partial charge on any atom is 0.309 e. The van der Waals surface area contributed by atoms with Gasteiger partial charge in [-0.15, -0.1) is 0 Å². The fraction of sp³-hybridized carbons (Fsp3) is 0.375. The van der Waals surface area contributed by atoms with Crippen LogP contribution >= 0.6 is 0 Å². The number of carbonyl (C=O) groups is 1. The summed E-state index contributed by atoms with van der Waals surface area (Å²) in [7, 11) is 1.36. The van der Waals surface area contributed by atoms with Crippen LogP contribution in [0.4, 0.5) is 0 Å². The molecule has 2 N–H and O–H groups in total. The fourth-order valence-corrected chi connectivity index (χ4v) is 2.37. The van der Waals surface area contributed by atoms with E-state index in [-0.39, 0.29) is 12.4 Å². The van der Waals surface area contributed by atoms with Crippen molar-refractivity contribution in [2.45, 2.75) is 44.8 Å². The highest BCUT2D eigenvalue weighted by atomic mass is 16.5. The molecule has 2 atom stereocenters. The molecule has 0 aromatic heterocycles. The Balaban J connectivity index is 2.29. The van der Waals surface area contributed by atoms with E-state index in [9.17, 15) is 15.0 Å². The summed E-state index contributed by atoms with van der Waals surface area (Å²) in [6.45, 7) is 2.41. The van der Waals surface area contributed by atoms with Crippen molar-refractivity contribution in [3.05, 3.63) is 78.4 Å². The highest BCUT2D eigenvalue weighted by Crippen LogP contribution is 2.14. The third-order valence-corrected chi connectivity index (χ3v) is 3.94. The molecule has 158 valence electrons. The lowest BCUT2D eigenvalue weighted by molar-refractivity contribution is -0.139. The Morgan fingerprint density at radius 3 is 2.48 bits per heavy atom. The van der Waals surface area contributed by atoms with Crippen LogP contribution in [-0.2, 0) is 16.0 Å². The molecule has 5 nitrogen and oxygen atoms in total. The number of aliphatic hydroxyl groups is 2. The first kappa shape index (κ1) is 24.4. The molecular weight excluding hydrogens is 368 g/mol. The minimum Gasteiger partial charge on any atom is -0.493 e. The van der Waals surface area contributed by atoms with Gasteiger partial charge in [-0.25, -0.2) is 0 Å². The minimum atomic E-state index is -0.619. The zero-order valence-corrected chi connectivity index (χ0v) is 17.2. The number of ether oxygens (including phenoxy) is 2. The molecule has 29 heavy (non-hydrogen) atoms. The maximum atomic E-state index is 11.3. The molecule has 0 aliphatic rings. The first-order valence-corrected chi connectivity index (χ1v) is 9.86. The molecule has 1 aromatic rings. The van der Waals surface area contributed by atoms with Crippen LogP contribution in [0.15, 0.2) is 72.9 Å². The van der Waals surface area contributed by atoms with E-state index in [0.717, 1.165) is 12.0 Å². The monoisotopic (exact) mass is 400 g/mol. The Morgan fingerprint density at radius 2 is 1.79 bits per heavy atom. The average molecular weight is 401 g/mol. The van der Waals surface area contributed by atoms with Gasteiger partial charge < -0.3 is 19.7 Å². The lowest BCUT2D eigenvalue weighted by atomic mass is 10.1. The summed E-state index contributed by atoms with van der Waals surface area (Å²) in [4.78, 5) is 11.3. The Kier molecular flexibility index (Phi) is 12.9. The van der Waals surface area contributed by atoms with E-state index in [1.165, 1.54) is 7.11 Å². The van der Waals surface area contributed by atoms with Crippen molar-refractivity contribution in [1.29, 1.82) is 0 Å². The van der Waals surface area contributed by atoms with Gasteiger partial charge in [0.1, 0.15) is 5.75 Å². The van der Waals surface area contributed by atoms with Crippen LogP contribution in [-0.4, -0.2) is 42.1 Å². The smallest absolute Gasteiger partial charge is 0.309 e. The summed E-state index contributed by atoms with van der Waals surface area (Å²) in [5, 5.41) is 19.7. The van der Waals surface area contributed by atoms with E-state index in [1.807, 2.05) is 30.4 Å². The zero-order valence-electron chi connectivity index (χ0n) is 17.2. The average Bonchev–Trinajstić information content (AvgIpc) is 2.71. The normalized spacial score (nSPS) is 14.2. The fourth-order valence-electron chi connectivity index (χ4n) is 2.37. The van der Waals surface area contributed by atoms with Crippen molar-refractivity contribution >= 4 is 5.97 Å². The standard InChI is InChI=1S/C24H32O5/c1-3-4-7-12-21(25)13-8-5-6-9-14-22(26)16-17-29-23-15-10-11-20(18-23)19-24(27)28-2/h4-11,13-15,18,21-22,25-26H,3,12,16-17,19H2,1-2H3/b6-5-,7-4-,13-8+,14-9+/t21-,22+/m0/s1. The van der Waals surface area contributed by atoms with Crippen LogP contribution in [0.25, 0.3) is 0 Å². The molecule has 0 saturated heterocycles. The van der Waals surface area contributed by atoms with Crippen molar-refractivity contribution in [2.75, 3.05) is 13.7 Å². The van der Waals surface area contributed by atoms with Crippen molar-refractivity contribution in [1.82, 2.24) is 0 Å². The summed E-state index contributed by atoms with van der Waals surface area (Å²) in [5.41, 5.74) is 0.819. The number of hydrogen-bond donors (Lipinski definition) is 2. The van der Waals surface area contributed by atoms with E-state index in [1.54, 1.807) is 42.5 Å². The highest BCUT2D eigenvalue weighted by Gasteiger charge is 2.05. The Labute approximate surface area is 173 Å². The van der Waals surface area contributed by atoms with Crippen LogP contribution in [0.1, 0.15) is 31.7 Å². The molecule has 0 aliphatic carbocycles. The minimum absolute atomic E-state index is 0.201. The second-order valence-electron chi connectivity index (χ2n) is 6.44. The lowest BCUT2D eigenvalue weighted by Crippen LogP contribution is -2.09. The molecule has 0 spiro atoms. The number of benzene rings is 1. The van der Waals surface area contributed by atoms with Crippen LogP contribution in [0.3, 0.4) is 0 Å². The number of esters is 1. The highest BCUT2D eigenvalue weighted by molar-refractivity contribution is 5.72. The lowest BCUT2D eigenvalue weighted by Gasteiger charge is -2.09. The predicted octanol–water partition coefficient (Wildman–Crippen LogP) is 3.92. The molecule has 0 unspecified atom stereocenters. The summed E-state index contributed by atoms with van der Waals surface area (Å²) < 4.78 is 10.3. The van der Waals surface area contributed by atoms with Crippen LogP contribution in [0, 0.1) is 0 Å². The van der Waals surface area contributed by atoms with Gasteiger partial charge in [0.15, 0.2) is 0 Å². The molecule has 5 heteroatoms. The molecule has 1 aromatic carbocycles. The quantitative estimate of drug-likeness (QED) is 0.298. The molecule has 1 rings (SSSR count).